The standard InChI is InChI=1S/C18H42N4O2/c19-10-7-13-21-11-3-4-12-22-17-18(16-20,8-1-5-14-23)9-2-6-15-24/h21-24H,1-17,19-20H2. The smallest absolute Gasteiger partial charge is 0.0431 e. The zero-order chi connectivity index (χ0) is 17.9. The van der Waals surface area contributed by atoms with E-state index in [-0.39, 0.29) is 18.6 Å². The summed E-state index contributed by atoms with van der Waals surface area (Å²) in [5.41, 5.74) is 11.7. The van der Waals surface area contributed by atoms with Crippen molar-refractivity contribution in [2.75, 3.05) is 52.5 Å². The Labute approximate surface area is 148 Å². The molecule has 0 amide bonds. The molecule has 0 radical (unpaired) electrons. The molecular formula is C18H42N4O2. The van der Waals surface area contributed by atoms with Crippen molar-refractivity contribution in [3.8, 4) is 0 Å². The van der Waals surface area contributed by atoms with Gasteiger partial charge < -0.3 is 32.3 Å². The Morgan fingerprint density at radius 2 is 1.21 bits per heavy atom. The second kappa shape index (κ2) is 17.6. The fourth-order valence-corrected chi connectivity index (χ4v) is 3.01. The second-order valence-electron chi connectivity index (χ2n) is 6.84. The molecule has 0 aromatic rings. The van der Waals surface area contributed by atoms with Gasteiger partial charge in [0.15, 0.2) is 0 Å². The first-order valence-corrected chi connectivity index (χ1v) is 9.78. The van der Waals surface area contributed by atoms with Crippen LogP contribution in [-0.4, -0.2) is 62.7 Å². The number of aliphatic hydroxyl groups excluding tert-OH is 2. The van der Waals surface area contributed by atoms with E-state index < -0.39 is 0 Å². The molecule has 0 aliphatic carbocycles. The highest BCUT2D eigenvalue weighted by Crippen LogP contribution is 2.29. The average molecular weight is 347 g/mol. The molecule has 0 aromatic heterocycles. The third-order valence-electron chi connectivity index (χ3n) is 4.68. The van der Waals surface area contributed by atoms with Crippen LogP contribution in [-0.2, 0) is 0 Å². The lowest BCUT2D eigenvalue weighted by Crippen LogP contribution is -2.41. The molecular weight excluding hydrogens is 304 g/mol. The van der Waals surface area contributed by atoms with Gasteiger partial charge in [0.25, 0.3) is 0 Å². The first-order valence-electron chi connectivity index (χ1n) is 9.78. The summed E-state index contributed by atoms with van der Waals surface area (Å²) in [6.07, 6.45) is 9.17. The molecule has 0 fully saturated rings. The van der Waals surface area contributed by atoms with Gasteiger partial charge in [0, 0.05) is 19.8 Å². The Hall–Kier alpha value is -0.240. The summed E-state index contributed by atoms with van der Waals surface area (Å²) in [5.74, 6) is 0. The third kappa shape index (κ3) is 13.1. The van der Waals surface area contributed by atoms with E-state index in [0.717, 1.165) is 84.1 Å². The summed E-state index contributed by atoms with van der Waals surface area (Å²) in [6.45, 7) is 5.93. The van der Waals surface area contributed by atoms with E-state index in [1.807, 2.05) is 0 Å². The average Bonchev–Trinajstić information content (AvgIpc) is 2.60. The monoisotopic (exact) mass is 346 g/mol. The third-order valence-corrected chi connectivity index (χ3v) is 4.68. The van der Waals surface area contributed by atoms with Crippen molar-refractivity contribution in [1.82, 2.24) is 10.6 Å². The highest BCUT2D eigenvalue weighted by atomic mass is 16.3. The fraction of sp³-hybridized carbons (Fsp3) is 1.00. The summed E-state index contributed by atoms with van der Waals surface area (Å²) < 4.78 is 0. The van der Waals surface area contributed by atoms with E-state index in [9.17, 15) is 0 Å². The summed E-state index contributed by atoms with van der Waals surface area (Å²) in [4.78, 5) is 0. The molecule has 6 nitrogen and oxygen atoms in total. The van der Waals surface area contributed by atoms with Crippen LogP contribution in [0.3, 0.4) is 0 Å². The molecule has 0 aliphatic rings. The molecule has 6 heteroatoms. The van der Waals surface area contributed by atoms with E-state index in [1.165, 1.54) is 6.42 Å². The molecule has 0 bridgehead atoms. The van der Waals surface area contributed by atoms with Crippen molar-refractivity contribution in [3.05, 3.63) is 0 Å². The summed E-state index contributed by atoms with van der Waals surface area (Å²) in [5, 5.41) is 25.0. The van der Waals surface area contributed by atoms with Crippen LogP contribution < -0.4 is 22.1 Å². The van der Waals surface area contributed by atoms with Crippen LogP contribution in [0.2, 0.25) is 0 Å². The van der Waals surface area contributed by atoms with Gasteiger partial charge in [-0.25, -0.2) is 0 Å². The van der Waals surface area contributed by atoms with Crippen LogP contribution in [0.5, 0.6) is 0 Å². The highest BCUT2D eigenvalue weighted by molar-refractivity contribution is 4.83. The van der Waals surface area contributed by atoms with Crippen molar-refractivity contribution < 1.29 is 10.2 Å². The first-order chi connectivity index (χ1) is 11.7. The zero-order valence-electron chi connectivity index (χ0n) is 15.6. The molecule has 146 valence electrons. The minimum absolute atomic E-state index is 0.101. The van der Waals surface area contributed by atoms with Crippen LogP contribution >= 0.6 is 0 Å². The molecule has 24 heavy (non-hydrogen) atoms. The molecule has 0 unspecified atom stereocenters. The van der Waals surface area contributed by atoms with Crippen LogP contribution in [0.1, 0.15) is 57.8 Å². The second-order valence-corrected chi connectivity index (χ2v) is 6.84. The van der Waals surface area contributed by atoms with Crippen molar-refractivity contribution in [2.24, 2.45) is 16.9 Å². The maximum atomic E-state index is 9.01. The van der Waals surface area contributed by atoms with Crippen molar-refractivity contribution in [1.29, 1.82) is 0 Å². The number of aliphatic hydroxyl groups is 2. The molecule has 0 heterocycles. The Morgan fingerprint density at radius 1 is 0.667 bits per heavy atom. The number of rotatable bonds is 19. The largest absolute Gasteiger partial charge is 0.396 e. The summed E-state index contributed by atoms with van der Waals surface area (Å²) in [7, 11) is 0. The van der Waals surface area contributed by atoms with Gasteiger partial charge in [-0.2, -0.15) is 0 Å². The Kier molecular flexibility index (Phi) is 17.4. The van der Waals surface area contributed by atoms with Crippen LogP contribution in [0, 0.1) is 5.41 Å². The number of nitrogens with two attached hydrogens (primary N) is 2. The quantitative estimate of drug-likeness (QED) is 0.190. The van der Waals surface area contributed by atoms with E-state index in [2.05, 4.69) is 10.6 Å². The maximum Gasteiger partial charge on any atom is 0.0431 e. The van der Waals surface area contributed by atoms with Crippen LogP contribution in [0.15, 0.2) is 0 Å². The van der Waals surface area contributed by atoms with Gasteiger partial charge in [-0.15, -0.1) is 0 Å². The minimum atomic E-state index is 0.101. The van der Waals surface area contributed by atoms with Gasteiger partial charge in [-0.1, -0.05) is 12.8 Å². The highest BCUT2D eigenvalue weighted by Gasteiger charge is 2.27. The number of hydrogen-bond acceptors (Lipinski definition) is 6. The van der Waals surface area contributed by atoms with E-state index >= 15 is 0 Å². The zero-order valence-corrected chi connectivity index (χ0v) is 15.6. The number of hydrogen-bond donors (Lipinski definition) is 6. The van der Waals surface area contributed by atoms with E-state index in [1.54, 1.807) is 0 Å². The molecule has 0 saturated carbocycles. The molecule has 0 aromatic carbocycles. The van der Waals surface area contributed by atoms with Gasteiger partial charge >= 0.3 is 0 Å². The van der Waals surface area contributed by atoms with Crippen LogP contribution in [0.4, 0.5) is 0 Å². The van der Waals surface area contributed by atoms with E-state index in [0.29, 0.717) is 6.54 Å². The Balaban J connectivity index is 3.96. The Morgan fingerprint density at radius 3 is 1.71 bits per heavy atom. The predicted molar refractivity (Wildman–Crippen MR) is 102 cm³/mol. The van der Waals surface area contributed by atoms with Gasteiger partial charge in [-0.3, -0.25) is 0 Å². The van der Waals surface area contributed by atoms with Crippen molar-refractivity contribution in [3.63, 3.8) is 0 Å². The molecule has 0 aliphatic heterocycles. The van der Waals surface area contributed by atoms with Gasteiger partial charge in [0.05, 0.1) is 0 Å². The van der Waals surface area contributed by atoms with Crippen LogP contribution in [0.25, 0.3) is 0 Å². The first kappa shape index (κ1) is 23.8. The van der Waals surface area contributed by atoms with Crippen molar-refractivity contribution >= 4 is 0 Å². The molecule has 8 N–H and O–H groups in total. The predicted octanol–water partition coefficient (Wildman–Crippen LogP) is 0.565. The lowest BCUT2D eigenvalue weighted by atomic mass is 9.78. The fourth-order valence-electron chi connectivity index (χ4n) is 3.01. The van der Waals surface area contributed by atoms with Gasteiger partial charge in [-0.05, 0) is 83.1 Å². The number of nitrogens with one attached hydrogen (secondary N) is 2. The molecule has 0 atom stereocenters. The Bertz CT molecular complexity index is 245. The minimum Gasteiger partial charge on any atom is -0.396 e. The topological polar surface area (TPSA) is 117 Å². The summed E-state index contributed by atoms with van der Waals surface area (Å²) >= 11 is 0. The molecule has 0 rings (SSSR count). The van der Waals surface area contributed by atoms with Gasteiger partial charge in [0.1, 0.15) is 0 Å². The SMILES string of the molecule is NCCCNCCCCNCC(CN)(CCCCO)CCCCO. The summed E-state index contributed by atoms with van der Waals surface area (Å²) in [6, 6.07) is 0. The number of unbranched alkanes of at least 4 members (excludes halogenated alkanes) is 3. The molecule has 0 spiro atoms. The molecule has 0 saturated heterocycles. The lowest BCUT2D eigenvalue weighted by molar-refractivity contribution is 0.200. The van der Waals surface area contributed by atoms with Crippen molar-refractivity contribution in [2.45, 2.75) is 57.8 Å². The van der Waals surface area contributed by atoms with E-state index in [4.69, 9.17) is 21.7 Å². The lowest BCUT2D eigenvalue weighted by Gasteiger charge is -2.33. The van der Waals surface area contributed by atoms with Gasteiger partial charge in [0.2, 0.25) is 0 Å². The maximum absolute atomic E-state index is 9.01. The normalized spacial score (nSPS) is 12.0.